The van der Waals surface area contributed by atoms with Crippen LogP contribution in [0.5, 0.6) is 0 Å². The molecule has 1 fully saturated rings. The molecule has 3 rings (SSSR count). The van der Waals surface area contributed by atoms with Gasteiger partial charge in [-0.2, -0.15) is 0 Å². The van der Waals surface area contributed by atoms with Gasteiger partial charge < -0.3 is 19.6 Å². The van der Waals surface area contributed by atoms with E-state index >= 15 is 0 Å². The third kappa shape index (κ3) is 3.81. The van der Waals surface area contributed by atoms with Gasteiger partial charge in [0.25, 0.3) is 0 Å². The number of carbonyl (C=O) groups excluding carboxylic acids is 2. The monoisotopic (exact) mass is 360 g/mol. The van der Waals surface area contributed by atoms with Crippen LogP contribution in [0.3, 0.4) is 0 Å². The summed E-state index contributed by atoms with van der Waals surface area (Å²) >= 11 is 0. The number of fused-ring (bicyclic) bond motifs is 1. The third-order valence-corrected chi connectivity index (χ3v) is 4.64. The number of aliphatic carboxylic acids is 1. The van der Waals surface area contributed by atoms with Gasteiger partial charge >= 0.3 is 12.1 Å². The largest absolute Gasteiger partial charge is 0.481 e. The van der Waals surface area contributed by atoms with Crippen LogP contribution in [0.1, 0.15) is 38.3 Å². The Balaban J connectivity index is 1.77. The van der Waals surface area contributed by atoms with Gasteiger partial charge in [-0.25, -0.2) is 4.79 Å². The van der Waals surface area contributed by atoms with Crippen molar-refractivity contribution < 1.29 is 24.2 Å². The van der Waals surface area contributed by atoms with Crippen LogP contribution < -0.4 is 4.90 Å². The van der Waals surface area contributed by atoms with E-state index < -0.39 is 17.5 Å². The summed E-state index contributed by atoms with van der Waals surface area (Å²) in [5.41, 5.74) is 2.23. The molecule has 0 bridgehead atoms. The Labute approximate surface area is 152 Å². The summed E-state index contributed by atoms with van der Waals surface area (Å²) in [5, 5.41) is 9.14. The highest BCUT2D eigenvalue weighted by atomic mass is 16.6. The molecule has 1 aromatic carbocycles. The van der Waals surface area contributed by atoms with E-state index in [0.717, 1.165) is 17.5 Å². The molecule has 0 aliphatic carbocycles. The van der Waals surface area contributed by atoms with Crippen LogP contribution in [0.25, 0.3) is 0 Å². The first-order valence-electron chi connectivity index (χ1n) is 8.77. The Hall–Kier alpha value is -2.57. The molecule has 26 heavy (non-hydrogen) atoms. The van der Waals surface area contributed by atoms with Gasteiger partial charge in [-0.15, -0.1) is 0 Å². The standard InChI is InChI=1S/C19H24N2O5/c1-19(2,3)26-18(25)20-7-6-12-4-5-15(8-13(12)10-20)21-11-14(17(23)24)9-16(21)22/h4-5,8,14H,6-7,9-11H2,1-3H3,(H,23,24). The molecule has 7 heteroatoms. The fraction of sp³-hybridized carbons (Fsp3) is 0.526. The predicted molar refractivity (Wildman–Crippen MR) is 94.9 cm³/mol. The molecule has 1 aromatic rings. The molecule has 0 radical (unpaired) electrons. The number of anilines is 1. The van der Waals surface area contributed by atoms with Crippen LogP contribution in [0.15, 0.2) is 18.2 Å². The van der Waals surface area contributed by atoms with Crippen molar-refractivity contribution >= 4 is 23.7 Å². The Morgan fingerprint density at radius 2 is 1.96 bits per heavy atom. The summed E-state index contributed by atoms with van der Waals surface area (Å²) in [6.45, 7) is 6.69. The molecule has 2 amide bonds. The molecular formula is C19H24N2O5. The minimum atomic E-state index is -0.949. The van der Waals surface area contributed by atoms with Crippen LogP contribution in [0.4, 0.5) is 10.5 Å². The van der Waals surface area contributed by atoms with E-state index in [1.807, 2.05) is 39.0 Å². The van der Waals surface area contributed by atoms with Crippen molar-refractivity contribution in [1.82, 2.24) is 4.90 Å². The van der Waals surface area contributed by atoms with Crippen LogP contribution in [-0.4, -0.2) is 46.7 Å². The number of ether oxygens (including phenoxy) is 1. The van der Waals surface area contributed by atoms with Crippen molar-refractivity contribution in [1.29, 1.82) is 0 Å². The second kappa shape index (κ2) is 6.63. The highest BCUT2D eigenvalue weighted by Crippen LogP contribution is 2.30. The molecule has 1 atom stereocenters. The number of hydrogen-bond acceptors (Lipinski definition) is 4. The lowest BCUT2D eigenvalue weighted by molar-refractivity contribution is -0.141. The Bertz CT molecular complexity index is 753. The maximum Gasteiger partial charge on any atom is 0.410 e. The zero-order valence-corrected chi connectivity index (χ0v) is 15.3. The Morgan fingerprint density at radius 1 is 1.23 bits per heavy atom. The normalized spacial score (nSPS) is 20.1. The number of benzene rings is 1. The predicted octanol–water partition coefficient (Wildman–Crippen LogP) is 2.42. The van der Waals surface area contributed by atoms with Crippen molar-refractivity contribution in [3.8, 4) is 0 Å². The summed E-state index contributed by atoms with van der Waals surface area (Å²) < 4.78 is 5.44. The second-order valence-corrected chi connectivity index (χ2v) is 7.85. The topological polar surface area (TPSA) is 87.2 Å². The van der Waals surface area contributed by atoms with Gasteiger partial charge in [0.2, 0.25) is 5.91 Å². The lowest BCUT2D eigenvalue weighted by Crippen LogP contribution is -2.40. The molecule has 1 saturated heterocycles. The number of hydrogen-bond donors (Lipinski definition) is 1. The first kappa shape index (κ1) is 18.2. The summed E-state index contributed by atoms with van der Waals surface area (Å²) in [7, 11) is 0. The van der Waals surface area contributed by atoms with Crippen LogP contribution in [-0.2, 0) is 27.3 Å². The second-order valence-electron chi connectivity index (χ2n) is 7.85. The van der Waals surface area contributed by atoms with E-state index in [9.17, 15) is 14.4 Å². The van der Waals surface area contributed by atoms with E-state index in [2.05, 4.69) is 0 Å². The average molecular weight is 360 g/mol. The molecule has 2 aliphatic rings. The molecule has 140 valence electrons. The minimum Gasteiger partial charge on any atom is -0.481 e. The summed E-state index contributed by atoms with van der Waals surface area (Å²) in [5.74, 6) is -1.80. The zero-order valence-electron chi connectivity index (χ0n) is 15.3. The first-order chi connectivity index (χ1) is 12.1. The van der Waals surface area contributed by atoms with Gasteiger partial charge in [-0.3, -0.25) is 9.59 Å². The summed E-state index contributed by atoms with van der Waals surface area (Å²) in [4.78, 5) is 38.8. The van der Waals surface area contributed by atoms with Gasteiger partial charge in [0, 0.05) is 31.7 Å². The number of carboxylic acid groups (broad SMARTS) is 1. The summed E-state index contributed by atoms with van der Waals surface area (Å²) in [6.07, 6.45) is 0.397. The molecule has 1 unspecified atom stereocenters. The smallest absolute Gasteiger partial charge is 0.410 e. The quantitative estimate of drug-likeness (QED) is 0.875. The van der Waals surface area contributed by atoms with Crippen molar-refractivity contribution in [2.24, 2.45) is 5.92 Å². The van der Waals surface area contributed by atoms with Crippen molar-refractivity contribution in [2.45, 2.75) is 45.8 Å². The molecule has 1 N–H and O–H groups in total. The number of carbonyl (C=O) groups is 3. The number of amides is 2. The number of rotatable bonds is 2. The first-order valence-corrected chi connectivity index (χ1v) is 8.77. The average Bonchev–Trinajstić information content (AvgIpc) is 2.94. The van der Waals surface area contributed by atoms with E-state index in [1.54, 1.807) is 4.90 Å². The van der Waals surface area contributed by atoms with E-state index in [4.69, 9.17) is 9.84 Å². The molecule has 2 heterocycles. The van der Waals surface area contributed by atoms with Crippen LogP contribution in [0.2, 0.25) is 0 Å². The highest BCUT2D eigenvalue weighted by Gasteiger charge is 2.35. The van der Waals surface area contributed by atoms with Gasteiger partial charge in [-0.1, -0.05) is 6.07 Å². The molecule has 0 spiro atoms. The lowest BCUT2D eigenvalue weighted by atomic mass is 9.99. The van der Waals surface area contributed by atoms with E-state index in [1.165, 1.54) is 4.90 Å². The lowest BCUT2D eigenvalue weighted by Gasteiger charge is -2.31. The summed E-state index contributed by atoms with van der Waals surface area (Å²) in [6, 6.07) is 5.69. The maximum atomic E-state index is 12.3. The minimum absolute atomic E-state index is 0.0243. The molecular weight excluding hydrogens is 336 g/mol. The molecule has 2 aliphatic heterocycles. The Morgan fingerprint density at radius 3 is 2.58 bits per heavy atom. The van der Waals surface area contributed by atoms with E-state index in [-0.39, 0.29) is 25.0 Å². The maximum absolute atomic E-state index is 12.3. The van der Waals surface area contributed by atoms with Gasteiger partial charge in [0.05, 0.1) is 5.92 Å². The third-order valence-electron chi connectivity index (χ3n) is 4.64. The number of carboxylic acids is 1. The fourth-order valence-corrected chi connectivity index (χ4v) is 3.32. The zero-order chi connectivity index (χ0) is 19.1. The molecule has 0 aromatic heterocycles. The molecule has 0 saturated carbocycles. The van der Waals surface area contributed by atoms with Crippen molar-refractivity contribution in [3.05, 3.63) is 29.3 Å². The van der Waals surface area contributed by atoms with Crippen molar-refractivity contribution in [3.63, 3.8) is 0 Å². The van der Waals surface area contributed by atoms with Gasteiger partial charge in [-0.05, 0) is 50.5 Å². The van der Waals surface area contributed by atoms with E-state index in [0.29, 0.717) is 18.8 Å². The van der Waals surface area contributed by atoms with Gasteiger partial charge in [0.1, 0.15) is 5.60 Å². The molecule has 7 nitrogen and oxygen atoms in total. The number of nitrogens with zero attached hydrogens (tertiary/aromatic N) is 2. The highest BCUT2D eigenvalue weighted by molar-refractivity contribution is 5.99. The van der Waals surface area contributed by atoms with Crippen LogP contribution >= 0.6 is 0 Å². The van der Waals surface area contributed by atoms with Crippen LogP contribution in [0, 0.1) is 5.92 Å². The van der Waals surface area contributed by atoms with Gasteiger partial charge in [0.15, 0.2) is 0 Å². The fourth-order valence-electron chi connectivity index (χ4n) is 3.32. The van der Waals surface area contributed by atoms with Crippen molar-refractivity contribution in [2.75, 3.05) is 18.0 Å². The SMILES string of the molecule is CC(C)(C)OC(=O)N1CCc2ccc(N3CC(C(=O)O)CC3=O)cc2C1. The Kier molecular flexibility index (Phi) is 4.64.